The lowest BCUT2D eigenvalue weighted by atomic mass is 10.1. The maximum atomic E-state index is 13.0. The number of fused-ring (bicyclic) bond motifs is 1. The van der Waals surface area contributed by atoms with Gasteiger partial charge in [0.2, 0.25) is 11.8 Å². The molecular weight excluding hydrogens is 426 g/mol. The molecule has 1 fully saturated rings. The zero-order valence-corrected chi connectivity index (χ0v) is 19.7. The van der Waals surface area contributed by atoms with Crippen LogP contribution in [0.5, 0.6) is 0 Å². The molecule has 174 valence electrons. The van der Waals surface area contributed by atoms with Crippen LogP contribution in [0.25, 0.3) is 10.2 Å². The average Bonchev–Trinajstić information content (AvgIpc) is 3.16. The lowest BCUT2D eigenvalue weighted by molar-refractivity contribution is -0.127. The Morgan fingerprint density at radius 3 is 2.56 bits per heavy atom. The number of rotatable bonds is 11. The van der Waals surface area contributed by atoms with Gasteiger partial charge in [-0.25, -0.2) is 4.98 Å². The van der Waals surface area contributed by atoms with E-state index in [1.54, 1.807) is 6.92 Å². The van der Waals surface area contributed by atoms with Crippen molar-refractivity contribution in [1.29, 1.82) is 0 Å². The number of amides is 2. The van der Waals surface area contributed by atoms with Crippen molar-refractivity contribution in [3.8, 4) is 0 Å². The van der Waals surface area contributed by atoms with E-state index in [4.69, 9.17) is 0 Å². The van der Waals surface area contributed by atoms with Gasteiger partial charge in [0.15, 0.2) is 5.13 Å². The van der Waals surface area contributed by atoms with Crippen LogP contribution in [0.3, 0.4) is 0 Å². The molecule has 3 rings (SSSR count). The van der Waals surface area contributed by atoms with Crippen molar-refractivity contribution in [1.82, 2.24) is 20.1 Å². The van der Waals surface area contributed by atoms with Gasteiger partial charge in [-0.3, -0.25) is 14.5 Å². The van der Waals surface area contributed by atoms with Gasteiger partial charge >= 0.3 is 0 Å². The fourth-order valence-electron chi connectivity index (χ4n) is 3.74. The third-order valence-electron chi connectivity index (χ3n) is 5.66. The molecule has 1 aliphatic rings. The zero-order chi connectivity index (χ0) is 22.9. The van der Waals surface area contributed by atoms with Gasteiger partial charge < -0.3 is 20.3 Å². The highest BCUT2D eigenvalue weighted by Crippen LogP contribution is 2.25. The minimum atomic E-state index is -0.626. The molecule has 0 radical (unpaired) electrons. The predicted molar refractivity (Wildman–Crippen MR) is 128 cm³/mol. The van der Waals surface area contributed by atoms with Crippen LogP contribution in [0.1, 0.15) is 39.0 Å². The molecule has 2 aromatic rings. The van der Waals surface area contributed by atoms with Crippen LogP contribution < -0.4 is 10.6 Å². The summed E-state index contributed by atoms with van der Waals surface area (Å²) in [4.78, 5) is 45.6. The number of carbonyl (C=O) groups excluding carboxylic acids is 3. The normalized spacial score (nSPS) is 16.1. The number of hydrogen-bond acceptors (Lipinski definition) is 7. The summed E-state index contributed by atoms with van der Waals surface area (Å²) in [7, 11) is 2.08. The van der Waals surface area contributed by atoms with Crippen LogP contribution in [0, 0.1) is 0 Å². The minimum Gasteiger partial charge on any atom is -0.343 e. The Labute approximate surface area is 193 Å². The number of thiazole rings is 1. The Kier molecular flexibility index (Phi) is 9.13. The number of benzene rings is 1. The molecule has 1 unspecified atom stereocenters. The molecule has 1 aliphatic heterocycles. The molecule has 32 heavy (non-hydrogen) atoms. The minimum absolute atomic E-state index is 0.136. The number of Topliss-reactive ketones (excluding diaryl/α,β-unsaturated/α-hetero) is 1. The van der Waals surface area contributed by atoms with Crippen molar-refractivity contribution in [3.05, 3.63) is 24.3 Å². The van der Waals surface area contributed by atoms with Crippen LogP contribution >= 0.6 is 11.3 Å². The largest absolute Gasteiger partial charge is 0.343 e. The molecule has 8 nitrogen and oxygen atoms in total. The Hall–Kier alpha value is -2.36. The summed E-state index contributed by atoms with van der Waals surface area (Å²) in [6, 6.07) is 7.10. The van der Waals surface area contributed by atoms with Crippen LogP contribution in [0.15, 0.2) is 24.3 Å². The molecule has 1 atom stereocenters. The zero-order valence-electron chi connectivity index (χ0n) is 18.9. The molecular formula is C23H33N5O3S. The summed E-state index contributed by atoms with van der Waals surface area (Å²) in [5.41, 5.74) is 0.840. The first-order valence-electron chi connectivity index (χ1n) is 11.3. The highest BCUT2D eigenvalue weighted by atomic mass is 32.1. The van der Waals surface area contributed by atoms with E-state index < -0.39 is 6.04 Å². The summed E-state index contributed by atoms with van der Waals surface area (Å²) >= 11 is 1.42. The first-order valence-corrected chi connectivity index (χ1v) is 12.1. The number of aromatic nitrogens is 1. The van der Waals surface area contributed by atoms with E-state index in [9.17, 15) is 14.4 Å². The van der Waals surface area contributed by atoms with E-state index in [0.29, 0.717) is 24.5 Å². The fourth-order valence-corrected chi connectivity index (χ4v) is 4.60. The third kappa shape index (κ3) is 7.65. The van der Waals surface area contributed by atoms with Gasteiger partial charge in [0, 0.05) is 32.6 Å². The highest BCUT2D eigenvalue weighted by molar-refractivity contribution is 7.22. The summed E-state index contributed by atoms with van der Waals surface area (Å²) in [5, 5.41) is 6.35. The van der Waals surface area contributed by atoms with Crippen molar-refractivity contribution in [2.45, 2.75) is 45.1 Å². The first-order chi connectivity index (χ1) is 15.4. The predicted octanol–water partition coefficient (Wildman–Crippen LogP) is 2.51. The van der Waals surface area contributed by atoms with Gasteiger partial charge in [0.1, 0.15) is 11.8 Å². The molecule has 2 heterocycles. The number of ketones is 1. The van der Waals surface area contributed by atoms with Gasteiger partial charge in [0.05, 0.1) is 16.8 Å². The quantitative estimate of drug-likeness (QED) is 0.502. The molecule has 2 N–H and O–H groups in total. The smallest absolute Gasteiger partial charge is 0.248 e. The summed E-state index contributed by atoms with van der Waals surface area (Å²) in [5.74, 6) is -0.208. The molecule has 1 aromatic carbocycles. The molecule has 0 spiro atoms. The molecule has 0 bridgehead atoms. The van der Waals surface area contributed by atoms with E-state index in [1.807, 2.05) is 24.3 Å². The van der Waals surface area contributed by atoms with Crippen LogP contribution in [-0.2, 0) is 14.4 Å². The Bertz CT molecular complexity index is 890. The van der Waals surface area contributed by atoms with Crippen molar-refractivity contribution in [2.24, 2.45) is 0 Å². The molecule has 1 aromatic heterocycles. The van der Waals surface area contributed by atoms with Crippen molar-refractivity contribution in [3.63, 3.8) is 0 Å². The van der Waals surface area contributed by atoms with Crippen molar-refractivity contribution >= 4 is 44.3 Å². The van der Waals surface area contributed by atoms with Gasteiger partial charge in [-0.2, -0.15) is 0 Å². The van der Waals surface area contributed by atoms with Crippen molar-refractivity contribution < 1.29 is 14.4 Å². The Morgan fingerprint density at radius 1 is 1.09 bits per heavy atom. The van der Waals surface area contributed by atoms with E-state index >= 15 is 0 Å². The second-order valence-electron chi connectivity index (χ2n) is 8.48. The van der Waals surface area contributed by atoms with E-state index in [0.717, 1.165) is 55.7 Å². The number of likely N-dealkylation sites (N-methyl/N-ethyl adjacent to an activating group) is 1. The van der Waals surface area contributed by atoms with E-state index in [1.165, 1.54) is 11.3 Å². The molecule has 0 aliphatic carbocycles. The maximum Gasteiger partial charge on any atom is 0.248 e. The second kappa shape index (κ2) is 12.0. The third-order valence-corrected chi connectivity index (χ3v) is 6.61. The highest BCUT2D eigenvalue weighted by Gasteiger charge is 2.24. The van der Waals surface area contributed by atoms with Gasteiger partial charge in [0.25, 0.3) is 0 Å². The van der Waals surface area contributed by atoms with E-state index in [2.05, 4.69) is 32.5 Å². The number of anilines is 1. The molecule has 2 amide bonds. The van der Waals surface area contributed by atoms with Gasteiger partial charge in [-0.05, 0) is 38.9 Å². The van der Waals surface area contributed by atoms with E-state index in [-0.39, 0.29) is 17.6 Å². The standard InChI is InChI=1S/C23H33N5O3S/c1-17(29)8-4-3-5-10-19(24-21(30)16-28-14-12-27(2)13-15-28)22(31)26-23-25-18-9-6-7-11-20(18)32-23/h6-7,9,11,19H,3-5,8,10,12-16H2,1-2H3,(H,24,30)(H,25,26,31). The average molecular weight is 460 g/mol. The number of carbonyl (C=O) groups is 3. The van der Waals surface area contributed by atoms with Crippen molar-refractivity contribution in [2.75, 3.05) is 45.1 Å². The van der Waals surface area contributed by atoms with Crippen LogP contribution in [0.2, 0.25) is 0 Å². The monoisotopic (exact) mass is 459 g/mol. The lowest BCUT2D eigenvalue weighted by Gasteiger charge is -2.32. The second-order valence-corrected chi connectivity index (χ2v) is 9.51. The van der Waals surface area contributed by atoms with Gasteiger partial charge in [-0.1, -0.05) is 36.3 Å². The topological polar surface area (TPSA) is 94.6 Å². The Balaban J connectivity index is 1.57. The summed E-state index contributed by atoms with van der Waals surface area (Å²) in [6.07, 6.45) is 3.50. The molecule has 0 saturated carbocycles. The number of para-hydroxylation sites is 1. The van der Waals surface area contributed by atoms with Crippen LogP contribution in [0.4, 0.5) is 5.13 Å². The van der Waals surface area contributed by atoms with Crippen LogP contribution in [-0.4, -0.2) is 78.2 Å². The molecule has 1 saturated heterocycles. The van der Waals surface area contributed by atoms with Gasteiger partial charge in [-0.15, -0.1) is 0 Å². The lowest BCUT2D eigenvalue weighted by Crippen LogP contribution is -2.51. The Morgan fingerprint density at radius 2 is 1.84 bits per heavy atom. The SMILES string of the molecule is CC(=O)CCCCCC(NC(=O)CN1CCN(C)CC1)C(=O)Nc1nc2ccccc2s1. The number of unbranched alkanes of at least 4 members (excludes halogenated alkanes) is 2. The number of nitrogens with one attached hydrogen (secondary N) is 2. The number of piperazine rings is 1. The maximum absolute atomic E-state index is 13.0. The number of nitrogens with zero attached hydrogens (tertiary/aromatic N) is 3. The first kappa shape index (κ1) is 24.3. The fraction of sp³-hybridized carbons (Fsp3) is 0.565. The summed E-state index contributed by atoms with van der Waals surface area (Å²) in [6.45, 7) is 5.45. The summed E-state index contributed by atoms with van der Waals surface area (Å²) < 4.78 is 1.00. The number of hydrogen-bond donors (Lipinski definition) is 2. The molecule has 9 heteroatoms.